The van der Waals surface area contributed by atoms with E-state index in [1.807, 2.05) is 6.92 Å². The van der Waals surface area contributed by atoms with E-state index in [1.165, 1.54) is 6.07 Å². The molecule has 0 aliphatic rings. The van der Waals surface area contributed by atoms with Crippen LogP contribution in [0.5, 0.6) is 0 Å². The van der Waals surface area contributed by atoms with Crippen LogP contribution in [0.15, 0.2) is 22.7 Å². The SMILES string of the molecule is CCc1cnc(CNc2ccc(C(=O)O)c(C)n2)o1. The summed E-state index contributed by atoms with van der Waals surface area (Å²) in [6, 6.07) is 3.15. The molecule has 0 radical (unpaired) electrons. The zero-order valence-corrected chi connectivity index (χ0v) is 10.8. The Bertz CT molecular complexity index is 593. The van der Waals surface area contributed by atoms with E-state index < -0.39 is 5.97 Å². The molecule has 0 amide bonds. The molecule has 0 saturated carbocycles. The zero-order valence-electron chi connectivity index (χ0n) is 10.8. The number of nitrogens with zero attached hydrogens (tertiary/aromatic N) is 2. The fourth-order valence-corrected chi connectivity index (χ4v) is 1.64. The lowest BCUT2D eigenvalue weighted by molar-refractivity contribution is 0.0695. The first kappa shape index (κ1) is 13.1. The van der Waals surface area contributed by atoms with Crippen molar-refractivity contribution in [2.75, 3.05) is 5.32 Å². The minimum Gasteiger partial charge on any atom is -0.478 e. The Balaban J connectivity index is 2.03. The van der Waals surface area contributed by atoms with E-state index in [1.54, 1.807) is 19.2 Å². The third-order valence-corrected chi connectivity index (χ3v) is 2.69. The van der Waals surface area contributed by atoms with Crippen molar-refractivity contribution in [3.05, 3.63) is 41.2 Å². The molecule has 0 atom stereocenters. The highest BCUT2D eigenvalue weighted by atomic mass is 16.4. The number of hydrogen-bond donors (Lipinski definition) is 2. The van der Waals surface area contributed by atoms with Crippen LogP contribution in [0, 0.1) is 6.92 Å². The van der Waals surface area contributed by atoms with Gasteiger partial charge in [-0.15, -0.1) is 0 Å². The number of aromatic nitrogens is 2. The number of nitrogens with one attached hydrogen (secondary N) is 1. The molecule has 0 bridgehead atoms. The minimum absolute atomic E-state index is 0.204. The van der Waals surface area contributed by atoms with Crippen molar-refractivity contribution in [2.45, 2.75) is 26.8 Å². The smallest absolute Gasteiger partial charge is 0.337 e. The topological polar surface area (TPSA) is 88.2 Å². The molecule has 0 fully saturated rings. The van der Waals surface area contributed by atoms with Gasteiger partial charge >= 0.3 is 5.97 Å². The Morgan fingerprint density at radius 1 is 1.47 bits per heavy atom. The molecule has 0 aliphatic heterocycles. The third-order valence-electron chi connectivity index (χ3n) is 2.69. The van der Waals surface area contributed by atoms with Gasteiger partial charge in [-0.3, -0.25) is 0 Å². The van der Waals surface area contributed by atoms with Crippen LogP contribution >= 0.6 is 0 Å². The van der Waals surface area contributed by atoms with Crippen molar-refractivity contribution in [1.82, 2.24) is 9.97 Å². The second-order valence-corrected chi connectivity index (χ2v) is 4.06. The van der Waals surface area contributed by atoms with E-state index >= 15 is 0 Å². The largest absolute Gasteiger partial charge is 0.478 e. The van der Waals surface area contributed by atoms with Gasteiger partial charge < -0.3 is 14.8 Å². The summed E-state index contributed by atoms with van der Waals surface area (Å²) in [7, 11) is 0. The van der Waals surface area contributed by atoms with Crippen LogP contribution in [0.2, 0.25) is 0 Å². The number of carboxylic acids is 1. The number of aryl methyl sites for hydroxylation is 2. The molecule has 0 aromatic carbocycles. The van der Waals surface area contributed by atoms with Crippen LogP contribution in [0.1, 0.15) is 34.6 Å². The summed E-state index contributed by atoms with van der Waals surface area (Å²) in [5, 5.41) is 12.0. The molecule has 2 N–H and O–H groups in total. The van der Waals surface area contributed by atoms with Crippen LogP contribution in [-0.2, 0) is 13.0 Å². The van der Waals surface area contributed by atoms with Crippen LogP contribution in [0.3, 0.4) is 0 Å². The third kappa shape index (κ3) is 3.09. The van der Waals surface area contributed by atoms with E-state index in [0.29, 0.717) is 23.9 Å². The quantitative estimate of drug-likeness (QED) is 0.858. The molecule has 0 unspecified atom stereocenters. The highest BCUT2D eigenvalue weighted by Gasteiger charge is 2.09. The van der Waals surface area contributed by atoms with Crippen LogP contribution in [-0.4, -0.2) is 21.0 Å². The predicted molar refractivity (Wildman–Crippen MR) is 69.1 cm³/mol. The summed E-state index contributed by atoms with van der Waals surface area (Å²) in [5.74, 6) is 1.04. The molecule has 0 aliphatic carbocycles. The first-order valence-electron chi connectivity index (χ1n) is 5.98. The Labute approximate surface area is 110 Å². The summed E-state index contributed by atoms with van der Waals surface area (Å²) >= 11 is 0. The van der Waals surface area contributed by atoms with E-state index in [-0.39, 0.29) is 5.56 Å². The first-order chi connectivity index (χ1) is 9.10. The Hall–Kier alpha value is -2.37. The second kappa shape index (κ2) is 5.51. The van der Waals surface area contributed by atoms with Crippen LogP contribution in [0.4, 0.5) is 5.82 Å². The van der Waals surface area contributed by atoms with Gasteiger partial charge in [-0.1, -0.05) is 6.92 Å². The van der Waals surface area contributed by atoms with E-state index in [0.717, 1.165) is 12.2 Å². The van der Waals surface area contributed by atoms with Gasteiger partial charge in [0, 0.05) is 6.42 Å². The molecule has 0 saturated heterocycles. The van der Waals surface area contributed by atoms with Crippen LogP contribution in [0.25, 0.3) is 0 Å². The van der Waals surface area contributed by atoms with Gasteiger partial charge in [0.2, 0.25) is 5.89 Å². The summed E-state index contributed by atoms with van der Waals surface area (Å²) < 4.78 is 5.45. The molecule has 6 heteroatoms. The predicted octanol–water partition coefficient (Wildman–Crippen LogP) is 2.25. The molecular weight excluding hydrogens is 246 g/mol. The van der Waals surface area contributed by atoms with Gasteiger partial charge in [0.05, 0.1) is 24.0 Å². The van der Waals surface area contributed by atoms with Gasteiger partial charge in [0.15, 0.2) is 0 Å². The first-order valence-corrected chi connectivity index (χ1v) is 5.98. The van der Waals surface area contributed by atoms with Crippen LogP contribution < -0.4 is 5.32 Å². The van der Waals surface area contributed by atoms with Gasteiger partial charge in [0.25, 0.3) is 0 Å². The standard InChI is InChI=1S/C13H15N3O3/c1-3-9-6-15-12(19-9)7-14-11-5-4-10(13(17)18)8(2)16-11/h4-6H,3,7H2,1-2H3,(H,14,16)(H,17,18). The number of pyridine rings is 1. The summed E-state index contributed by atoms with van der Waals surface area (Å²) in [5.41, 5.74) is 0.675. The average molecular weight is 261 g/mol. The number of carbonyl (C=O) groups is 1. The molecule has 2 aromatic rings. The Kier molecular flexibility index (Phi) is 3.79. The molecule has 100 valence electrons. The molecule has 0 spiro atoms. The summed E-state index contributed by atoms with van der Waals surface area (Å²) in [4.78, 5) is 19.2. The lowest BCUT2D eigenvalue weighted by Crippen LogP contribution is -2.06. The number of rotatable bonds is 5. The Morgan fingerprint density at radius 3 is 2.84 bits per heavy atom. The average Bonchev–Trinajstić information content (AvgIpc) is 2.84. The molecule has 2 heterocycles. The minimum atomic E-state index is -0.975. The zero-order chi connectivity index (χ0) is 13.8. The van der Waals surface area contributed by atoms with Gasteiger partial charge in [0.1, 0.15) is 11.6 Å². The van der Waals surface area contributed by atoms with Gasteiger partial charge in [-0.2, -0.15) is 0 Å². The van der Waals surface area contributed by atoms with Crippen molar-refractivity contribution >= 4 is 11.8 Å². The lowest BCUT2D eigenvalue weighted by Gasteiger charge is -2.05. The molecule has 2 rings (SSSR count). The highest BCUT2D eigenvalue weighted by Crippen LogP contribution is 2.12. The number of oxazole rings is 1. The maximum absolute atomic E-state index is 10.9. The Morgan fingerprint density at radius 2 is 2.26 bits per heavy atom. The van der Waals surface area contributed by atoms with Gasteiger partial charge in [-0.05, 0) is 19.1 Å². The lowest BCUT2D eigenvalue weighted by atomic mass is 10.2. The number of carboxylic acid groups (broad SMARTS) is 1. The van der Waals surface area contributed by atoms with Crippen molar-refractivity contribution in [3.8, 4) is 0 Å². The molecule has 19 heavy (non-hydrogen) atoms. The van der Waals surface area contributed by atoms with Crippen molar-refractivity contribution in [3.63, 3.8) is 0 Å². The number of hydrogen-bond acceptors (Lipinski definition) is 5. The van der Waals surface area contributed by atoms with Gasteiger partial charge in [-0.25, -0.2) is 14.8 Å². The monoisotopic (exact) mass is 261 g/mol. The molecular formula is C13H15N3O3. The number of aromatic carboxylic acids is 1. The number of anilines is 1. The summed E-state index contributed by atoms with van der Waals surface area (Å²) in [6.45, 7) is 4.07. The van der Waals surface area contributed by atoms with Crippen molar-refractivity contribution < 1.29 is 14.3 Å². The second-order valence-electron chi connectivity index (χ2n) is 4.06. The fraction of sp³-hybridized carbons (Fsp3) is 0.308. The highest BCUT2D eigenvalue weighted by molar-refractivity contribution is 5.89. The normalized spacial score (nSPS) is 10.4. The maximum Gasteiger partial charge on any atom is 0.337 e. The van der Waals surface area contributed by atoms with E-state index in [4.69, 9.17) is 9.52 Å². The molecule has 6 nitrogen and oxygen atoms in total. The van der Waals surface area contributed by atoms with Crippen molar-refractivity contribution in [1.29, 1.82) is 0 Å². The maximum atomic E-state index is 10.9. The van der Waals surface area contributed by atoms with Crippen molar-refractivity contribution in [2.24, 2.45) is 0 Å². The summed E-state index contributed by atoms with van der Waals surface area (Å²) in [6.07, 6.45) is 2.50. The van der Waals surface area contributed by atoms with E-state index in [9.17, 15) is 4.79 Å². The van der Waals surface area contributed by atoms with E-state index in [2.05, 4.69) is 15.3 Å². The molecule has 2 aromatic heterocycles. The fourth-order valence-electron chi connectivity index (χ4n) is 1.64.